The van der Waals surface area contributed by atoms with Crippen LogP contribution in [-0.4, -0.2) is 32.2 Å². The van der Waals surface area contributed by atoms with Crippen molar-refractivity contribution in [2.24, 2.45) is 0 Å². The van der Waals surface area contributed by atoms with Crippen molar-refractivity contribution in [1.29, 1.82) is 0 Å². The molecule has 5 rings (SSSR count). The number of nitrogen functional groups attached to an aromatic ring is 1. The lowest BCUT2D eigenvalue weighted by molar-refractivity contribution is 0.219. The van der Waals surface area contributed by atoms with Crippen LogP contribution in [-0.2, 0) is 0 Å². The Balaban J connectivity index is 1.48. The van der Waals surface area contributed by atoms with Crippen LogP contribution in [0, 0.1) is 6.92 Å². The normalized spacial score (nSPS) is 24.9. The number of fused-ring (bicyclic) bond motifs is 3. The van der Waals surface area contributed by atoms with E-state index in [1.54, 1.807) is 0 Å². The number of aryl methyl sites for hydroxylation is 1. The minimum Gasteiger partial charge on any atom is -0.384 e. The Labute approximate surface area is 158 Å². The van der Waals surface area contributed by atoms with Crippen molar-refractivity contribution in [2.45, 2.75) is 57.0 Å². The number of H-pyrrole nitrogens is 1. The summed E-state index contributed by atoms with van der Waals surface area (Å²) in [5.41, 5.74) is 9.11. The number of nitrogens with one attached hydrogen (secondary N) is 3. The van der Waals surface area contributed by atoms with E-state index in [9.17, 15) is 0 Å². The van der Waals surface area contributed by atoms with Gasteiger partial charge in [-0.05, 0) is 44.7 Å². The predicted octanol–water partition coefficient (Wildman–Crippen LogP) is 3.38. The average Bonchev–Trinajstić information content (AvgIpc) is 3.05. The Bertz CT molecular complexity index is 968. The first kappa shape index (κ1) is 16.5. The zero-order chi connectivity index (χ0) is 18.4. The first-order valence-electron chi connectivity index (χ1n) is 9.76. The van der Waals surface area contributed by atoms with E-state index in [1.807, 2.05) is 19.1 Å². The fraction of sp³-hybridized carbons (Fsp3) is 0.450. The molecule has 0 amide bonds. The lowest BCUT2D eigenvalue weighted by Crippen LogP contribution is -2.48. The monoisotopic (exact) mass is 363 g/mol. The van der Waals surface area contributed by atoms with Crippen molar-refractivity contribution in [3.05, 3.63) is 35.7 Å². The average molecular weight is 363 g/mol. The van der Waals surface area contributed by atoms with Gasteiger partial charge in [-0.1, -0.05) is 6.42 Å². The third-order valence-corrected chi connectivity index (χ3v) is 5.81. The van der Waals surface area contributed by atoms with Crippen LogP contribution in [0.25, 0.3) is 10.9 Å². The van der Waals surface area contributed by atoms with Crippen molar-refractivity contribution in [3.8, 4) is 0 Å². The number of piperidine rings is 2. The van der Waals surface area contributed by atoms with Gasteiger partial charge in [-0.25, -0.2) is 4.98 Å². The quantitative estimate of drug-likeness (QED) is 0.569. The van der Waals surface area contributed by atoms with Crippen molar-refractivity contribution in [2.75, 3.05) is 11.1 Å². The van der Waals surface area contributed by atoms with Crippen LogP contribution in [0.3, 0.4) is 0 Å². The number of hydrogen-bond donors (Lipinski definition) is 4. The Morgan fingerprint density at radius 1 is 1.11 bits per heavy atom. The maximum atomic E-state index is 6.06. The van der Waals surface area contributed by atoms with Crippen molar-refractivity contribution < 1.29 is 0 Å². The van der Waals surface area contributed by atoms with Gasteiger partial charge in [0.15, 0.2) is 5.82 Å². The van der Waals surface area contributed by atoms with E-state index >= 15 is 0 Å². The Morgan fingerprint density at radius 3 is 2.67 bits per heavy atom. The van der Waals surface area contributed by atoms with Crippen LogP contribution >= 0.6 is 0 Å². The molecule has 0 saturated carbocycles. The van der Waals surface area contributed by atoms with Gasteiger partial charge in [0.25, 0.3) is 0 Å². The molecule has 2 bridgehead atoms. The third kappa shape index (κ3) is 3.23. The van der Waals surface area contributed by atoms with E-state index < -0.39 is 0 Å². The lowest BCUT2D eigenvalue weighted by atomic mass is 9.79. The minimum absolute atomic E-state index is 0.462. The van der Waals surface area contributed by atoms with Crippen LogP contribution in [0.2, 0.25) is 0 Å². The van der Waals surface area contributed by atoms with Gasteiger partial charge >= 0.3 is 0 Å². The smallest absolute Gasteiger partial charge is 0.153 e. The molecule has 140 valence electrons. The lowest BCUT2D eigenvalue weighted by Gasteiger charge is -2.40. The summed E-state index contributed by atoms with van der Waals surface area (Å²) in [5, 5.41) is 15.1. The van der Waals surface area contributed by atoms with Gasteiger partial charge in [-0.2, -0.15) is 5.10 Å². The summed E-state index contributed by atoms with van der Waals surface area (Å²) in [6, 6.07) is 9.36. The van der Waals surface area contributed by atoms with Gasteiger partial charge in [-0.3, -0.25) is 10.1 Å². The summed E-state index contributed by atoms with van der Waals surface area (Å²) >= 11 is 0. The molecule has 2 fully saturated rings. The number of rotatable bonds is 3. The second-order valence-electron chi connectivity index (χ2n) is 7.92. The summed E-state index contributed by atoms with van der Waals surface area (Å²) in [5.74, 6) is 2.40. The molecule has 0 aromatic carbocycles. The summed E-state index contributed by atoms with van der Waals surface area (Å²) in [6.45, 7) is 1.96. The Hall–Kier alpha value is -2.67. The zero-order valence-electron chi connectivity index (χ0n) is 15.5. The molecule has 2 saturated heterocycles. The summed E-state index contributed by atoms with van der Waals surface area (Å²) in [7, 11) is 0. The first-order valence-corrected chi connectivity index (χ1v) is 9.76. The highest BCUT2D eigenvalue weighted by atomic mass is 15.2. The fourth-order valence-corrected chi connectivity index (χ4v) is 4.60. The fourth-order valence-electron chi connectivity index (χ4n) is 4.60. The molecule has 2 aliphatic rings. The van der Waals surface area contributed by atoms with E-state index in [2.05, 4.69) is 37.9 Å². The maximum Gasteiger partial charge on any atom is 0.153 e. The second-order valence-corrected chi connectivity index (χ2v) is 7.92. The maximum absolute atomic E-state index is 6.06. The van der Waals surface area contributed by atoms with Crippen molar-refractivity contribution >= 4 is 28.4 Å². The van der Waals surface area contributed by atoms with E-state index in [1.165, 1.54) is 37.8 Å². The number of hydrogen-bond acceptors (Lipinski definition) is 6. The van der Waals surface area contributed by atoms with Gasteiger partial charge in [0.05, 0.1) is 5.52 Å². The topological polar surface area (TPSA) is 105 Å². The molecule has 1 unspecified atom stereocenters. The highest BCUT2D eigenvalue weighted by molar-refractivity contribution is 5.92. The van der Waals surface area contributed by atoms with Crippen molar-refractivity contribution in [3.63, 3.8) is 0 Å². The summed E-state index contributed by atoms with van der Waals surface area (Å²) in [6.07, 6.45) is 6.27. The molecule has 0 aliphatic carbocycles. The third-order valence-electron chi connectivity index (χ3n) is 5.81. The minimum atomic E-state index is 0.462. The molecule has 7 heteroatoms. The van der Waals surface area contributed by atoms with Crippen LogP contribution in [0.4, 0.5) is 17.5 Å². The molecule has 5 N–H and O–H groups in total. The molecule has 5 heterocycles. The first-order chi connectivity index (χ1) is 13.1. The number of nitrogens with two attached hydrogens (primary N) is 1. The number of pyridine rings is 2. The van der Waals surface area contributed by atoms with E-state index in [0.717, 1.165) is 22.4 Å². The molecule has 3 atom stereocenters. The van der Waals surface area contributed by atoms with E-state index in [4.69, 9.17) is 10.7 Å². The molecular formula is C20H25N7. The summed E-state index contributed by atoms with van der Waals surface area (Å²) < 4.78 is 0. The highest BCUT2D eigenvalue weighted by Crippen LogP contribution is 2.36. The number of anilines is 3. The Kier molecular flexibility index (Phi) is 3.97. The summed E-state index contributed by atoms with van der Waals surface area (Å²) in [4.78, 5) is 9.44. The van der Waals surface area contributed by atoms with E-state index in [-0.39, 0.29) is 0 Å². The number of aromatic nitrogens is 4. The molecule has 27 heavy (non-hydrogen) atoms. The van der Waals surface area contributed by atoms with Gasteiger partial charge in [0.2, 0.25) is 0 Å². The SMILES string of the molecule is Cc1cc(Nc2nc(N)cc3nc(C4C[C@H]5CCC[C@@H](C4)N5)ccc23)n[nH]1. The molecule has 3 aromatic heterocycles. The zero-order valence-corrected chi connectivity index (χ0v) is 15.5. The molecular weight excluding hydrogens is 338 g/mol. The predicted molar refractivity (Wildman–Crippen MR) is 107 cm³/mol. The van der Waals surface area contributed by atoms with Gasteiger partial charge in [0, 0.05) is 46.9 Å². The van der Waals surface area contributed by atoms with Crippen LogP contribution in [0.1, 0.15) is 49.4 Å². The van der Waals surface area contributed by atoms with Crippen molar-refractivity contribution in [1.82, 2.24) is 25.5 Å². The number of nitrogens with zero attached hydrogens (tertiary/aromatic N) is 3. The largest absolute Gasteiger partial charge is 0.384 e. The van der Waals surface area contributed by atoms with Gasteiger partial charge in [-0.15, -0.1) is 0 Å². The van der Waals surface area contributed by atoms with E-state index in [0.29, 0.717) is 29.6 Å². The molecule has 0 radical (unpaired) electrons. The molecule has 0 spiro atoms. The second kappa shape index (κ2) is 6.49. The van der Waals surface area contributed by atoms with Gasteiger partial charge < -0.3 is 16.4 Å². The molecule has 7 nitrogen and oxygen atoms in total. The van der Waals surface area contributed by atoms with Crippen LogP contribution in [0.15, 0.2) is 24.3 Å². The molecule has 3 aromatic rings. The molecule has 2 aliphatic heterocycles. The standard InChI is InChI=1S/C20H25N7/c1-11-7-19(27-26-11)25-20-15-5-6-16(23-17(15)10-18(21)24-20)12-8-13-3-2-4-14(9-12)22-13/h5-7,10,12-14,22H,2-4,8-9H2,1H3,(H4,21,24,25,26,27)/t12?,13-,14+. The number of aromatic amines is 1. The highest BCUT2D eigenvalue weighted by Gasteiger charge is 2.32. The van der Waals surface area contributed by atoms with Crippen LogP contribution < -0.4 is 16.4 Å². The van der Waals surface area contributed by atoms with Crippen LogP contribution in [0.5, 0.6) is 0 Å². The van der Waals surface area contributed by atoms with Gasteiger partial charge in [0.1, 0.15) is 11.6 Å². The Morgan fingerprint density at radius 2 is 1.93 bits per heavy atom.